The molecule has 1 amide bonds. The number of hydrogen-bond acceptors (Lipinski definition) is 7. The summed E-state index contributed by atoms with van der Waals surface area (Å²) in [5.41, 5.74) is 1.91. The average Bonchev–Trinajstić information content (AvgIpc) is 3.24. The zero-order chi connectivity index (χ0) is 22.3. The van der Waals surface area contributed by atoms with Gasteiger partial charge in [-0.05, 0) is 49.1 Å². The van der Waals surface area contributed by atoms with Crippen LogP contribution >= 0.6 is 35.5 Å². The highest BCUT2D eigenvalue weighted by Crippen LogP contribution is 2.32. The van der Waals surface area contributed by atoms with Crippen LogP contribution in [0, 0.1) is 0 Å². The Morgan fingerprint density at radius 1 is 1.21 bits per heavy atom. The SMILES string of the molecule is CCOc1ccc(CC(=O)N(CCN2CCOCC2)c2nc3ccc(SC)cc3s2)cc1.Cl. The normalized spacial score (nSPS) is 14.1. The van der Waals surface area contributed by atoms with Gasteiger partial charge >= 0.3 is 0 Å². The van der Waals surface area contributed by atoms with Gasteiger partial charge in [0.15, 0.2) is 5.13 Å². The number of ether oxygens (including phenoxy) is 2. The standard InChI is InChI=1S/C24H29N3O3S2.ClH/c1-3-30-19-6-4-18(5-7-19)16-23(28)27(11-10-26-12-14-29-15-13-26)24-25-21-9-8-20(31-2)17-22(21)32-24;/h4-9,17H,3,10-16H2,1-2H3;1H. The summed E-state index contributed by atoms with van der Waals surface area (Å²) in [5.74, 6) is 0.884. The van der Waals surface area contributed by atoms with Gasteiger partial charge in [0, 0.05) is 31.1 Å². The Kier molecular flexibility index (Phi) is 9.82. The lowest BCUT2D eigenvalue weighted by molar-refractivity contribution is -0.118. The molecule has 0 atom stereocenters. The van der Waals surface area contributed by atoms with Crippen LogP contribution in [0.25, 0.3) is 10.2 Å². The molecule has 3 aromatic rings. The highest BCUT2D eigenvalue weighted by Gasteiger charge is 2.22. The quantitative estimate of drug-likeness (QED) is 0.390. The van der Waals surface area contributed by atoms with Gasteiger partial charge in [0.25, 0.3) is 0 Å². The number of carbonyl (C=O) groups is 1. The van der Waals surface area contributed by atoms with Crippen molar-refractivity contribution in [1.29, 1.82) is 0 Å². The number of rotatable bonds is 9. The van der Waals surface area contributed by atoms with Crippen molar-refractivity contribution in [3.63, 3.8) is 0 Å². The van der Waals surface area contributed by atoms with E-state index in [1.54, 1.807) is 23.1 Å². The molecule has 1 saturated heterocycles. The first kappa shape index (κ1) is 25.8. The van der Waals surface area contributed by atoms with E-state index in [0.29, 0.717) is 19.6 Å². The minimum Gasteiger partial charge on any atom is -0.494 e. The minimum atomic E-state index is 0. The number of nitrogens with zero attached hydrogens (tertiary/aromatic N) is 3. The molecule has 9 heteroatoms. The molecule has 1 aliphatic rings. The summed E-state index contributed by atoms with van der Waals surface area (Å²) >= 11 is 3.30. The van der Waals surface area contributed by atoms with Crippen molar-refractivity contribution in [3.8, 4) is 5.75 Å². The lowest BCUT2D eigenvalue weighted by Crippen LogP contribution is -2.43. The van der Waals surface area contributed by atoms with Crippen LogP contribution in [0.3, 0.4) is 0 Å². The van der Waals surface area contributed by atoms with Crippen molar-refractivity contribution in [3.05, 3.63) is 48.0 Å². The predicted molar refractivity (Wildman–Crippen MR) is 140 cm³/mol. The first-order valence-electron chi connectivity index (χ1n) is 10.9. The van der Waals surface area contributed by atoms with Crippen molar-refractivity contribution >= 4 is 56.8 Å². The summed E-state index contributed by atoms with van der Waals surface area (Å²) in [7, 11) is 0. The molecule has 1 aromatic heterocycles. The molecule has 0 spiro atoms. The summed E-state index contributed by atoms with van der Waals surface area (Å²) < 4.78 is 12.1. The Balaban J connectivity index is 0.00000306. The summed E-state index contributed by atoms with van der Waals surface area (Å²) in [5, 5.41) is 0.766. The number of hydrogen-bond donors (Lipinski definition) is 0. The highest BCUT2D eigenvalue weighted by molar-refractivity contribution is 7.98. The topological polar surface area (TPSA) is 54.9 Å². The smallest absolute Gasteiger partial charge is 0.233 e. The zero-order valence-corrected chi connectivity index (χ0v) is 21.4. The van der Waals surface area contributed by atoms with E-state index in [9.17, 15) is 4.79 Å². The van der Waals surface area contributed by atoms with Crippen molar-refractivity contribution in [1.82, 2.24) is 9.88 Å². The number of aromatic nitrogens is 1. The van der Waals surface area contributed by atoms with Crippen molar-refractivity contribution in [2.75, 3.05) is 57.2 Å². The van der Waals surface area contributed by atoms with Gasteiger partial charge in [-0.15, -0.1) is 24.2 Å². The maximum Gasteiger partial charge on any atom is 0.233 e. The van der Waals surface area contributed by atoms with Crippen molar-refractivity contribution < 1.29 is 14.3 Å². The first-order valence-corrected chi connectivity index (χ1v) is 13.0. The van der Waals surface area contributed by atoms with Gasteiger partial charge in [-0.25, -0.2) is 4.98 Å². The molecule has 0 aliphatic carbocycles. The van der Waals surface area contributed by atoms with E-state index in [1.165, 1.54) is 4.90 Å². The predicted octanol–water partition coefficient (Wildman–Crippen LogP) is 4.75. The third-order valence-electron chi connectivity index (χ3n) is 5.45. The highest BCUT2D eigenvalue weighted by atomic mass is 35.5. The fourth-order valence-electron chi connectivity index (χ4n) is 3.67. The lowest BCUT2D eigenvalue weighted by atomic mass is 10.1. The fraction of sp³-hybridized carbons (Fsp3) is 0.417. The van der Waals surface area contributed by atoms with E-state index in [-0.39, 0.29) is 18.3 Å². The number of carbonyl (C=O) groups excluding carboxylic acids is 1. The molecular formula is C24H30ClN3O3S2. The molecule has 0 unspecified atom stereocenters. The number of thiazole rings is 1. The van der Waals surface area contributed by atoms with E-state index in [2.05, 4.69) is 23.3 Å². The zero-order valence-electron chi connectivity index (χ0n) is 19.0. The van der Waals surface area contributed by atoms with Crippen LogP contribution < -0.4 is 9.64 Å². The molecule has 2 aromatic carbocycles. The number of halogens is 1. The lowest BCUT2D eigenvalue weighted by Gasteiger charge is -2.29. The third-order valence-corrected chi connectivity index (χ3v) is 7.22. The molecule has 0 radical (unpaired) electrons. The van der Waals surface area contributed by atoms with Crippen molar-refractivity contribution in [2.24, 2.45) is 0 Å². The molecule has 0 bridgehead atoms. The van der Waals surface area contributed by atoms with Gasteiger partial charge in [-0.1, -0.05) is 23.5 Å². The second-order valence-electron chi connectivity index (χ2n) is 7.58. The largest absolute Gasteiger partial charge is 0.494 e. The van der Waals surface area contributed by atoms with Gasteiger partial charge in [-0.3, -0.25) is 14.6 Å². The minimum absolute atomic E-state index is 0. The van der Waals surface area contributed by atoms with E-state index >= 15 is 0 Å². The monoisotopic (exact) mass is 507 g/mol. The second kappa shape index (κ2) is 12.6. The van der Waals surface area contributed by atoms with Gasteiger partial charge in [0.05, 0.1) is 36.5 Å². The summed E-state index contributed by atoms with van der Waals surface area (Å²) in [4.78, 5) is 23.6. The summed E-state index contributed by atoms with van der Waals surface area (Å²) in [6.07, 6.45) is 2.40. The van der Waals surface area contributed by atoms with Gasteiger partial charge in [-0.2, -0.15) is 0 Å². The fourth-order valence-corrected chi connectivity index (χ4v) is 5.23. The van der Waals surface area contributed by atoms with Gasteiger partial charge in [0.1, 0.15) is 5.75 Å². The van der Waals surface area contributed by atoms with E-state index in [4.69, 9.17) is 14.5 Å². The Morgan fingerprint density at radius 2 is 1.97 bits per heavy atom. The Hall–Kier alpha value is -1.84. The molecule has 2 heterocycles. The number of benzene rings is 2. The number of anilines is 1. The first-order chi connectivity index (χ1) is 15.7. The molecule has 0 saturated carbocycles. The van der Waals surface area contributed by atoms with Crippen LogP contribution in [0.4, 0.5) is 5.13 Å². The van der Waals surface area contributed by atoms with E-state index in [0.717, 1.165) is 59.5 Å². The molecule has 6 nitrogen and oxygen atoms in total. The Labute approximate surface area is 209 Å². The van der Waals surface area contributed by atoms with Crippen LogP contribution in [0.15, 0.2) is 47.4 Å². The Bertz CT molecular complexity index is 1040. The maximum absolute atomic E-state index is 13.4. The average molecular weight is 508 g/mol. The van der Waals surface area contributed by atoms with E-state index in [1.807, 2.05) is 42.2 Å². The molecular weight excluding hydrogens is 478 g/mol. The number of fused-ring (bicyclic) bond motifs is 1. The number of thioether (sulfide) groups is 1. The van der Waals surface area contributed by atoms with Crippen LogP contribution in [0.1, 0.15) is 12.5 Å². The Morgan fingerprint density at radius 3 is 2.67 bits per heavy atom. The molecule has 178 valence electrons. The van der Waals surface area contributed by atoms with Gasteiger partial charge < -0.3 is 9.47 Å². The number of morpholine rings is 1. The van der Waals surface area contributed by atoms with Crippen LogP contribution in [-0.2, 0) is 16.0 Å². The maximum atomic E-state index is 13.4. The summed E-state index contributed by atoms with van der Waals surface area (Å²) in [6, 6.07) is 14.0. The molecule has 0 N–H and O–H groups in total. The third kappa shape index (κ3) is 6.83. The number of amides is 1. The molecule has 1 fully saturated rings. The molecule has 33 heavy (non-hydrogen) atoms. The molecule has 1 aliphatic heterocycles. The van der Waals surface area contributed by atoms with Crippen LogP contribution in [-0.4, -0.2) is 68.0 Å². The second-order valence-corrected chi connectivity index (χ2v) is 9.47. The van der Waals surface area contributed by atoms with Crippen molar-refractivity contribution in [2.45, 2.75) is 18.2 Å². The molecule has 4 rings (SSSR count). The van der Waals surface area contributed by atoms with Crippen LogP contribution in [0.5, 0.6) is 5.75 Å². The van der Waals surface area contributed by atoms with Crippen LogP contribution in [0.2, 0.25) is 0 Å². The summed E-state index contributed by atoms with van der Waals surface area (Å²) in [6.45, 7) is 7.32. The van der Waals surface area contributed by atoms with Gasteiger partial charge in [0.2, 0.25) is 5.91 Å². The van der Waals surface area contributed by atoms with E-state index < -0.39 is 0 Å².